The molecule has 1 rings (SSSR count). The second-order valence-corrected chi connectivity index (χ2v) is 3.90. The van der Waals surface area contributed by atoms with E-state index < -0.39 is 14.0 Å². The largest absolute Gasteiger partial charge is 0.546 e. The standard InChI is InChI=1S/C9H9O4P/c10-9(11)5-4-7-2-1-3-8(6-7)14(12)13/h1-3,6H,4-5H2,(H-,10,11,12,13)/p+1. The maximum absolute atomic E-state index is 10.7. The number of carbonyl (C=O) groups is 1. The van der Waals surface area contributed by atoms with E-state index in [1.54, 1.807) is 24.3 Å². The third kappa shape index (κ3) is 3.24. The SMILES string of the molecule is O=C(O)CCc1cccc([P+](=O)O)c1. The summed E-state index contributed by atoms with van der Waals surface area (Å²) in [4.78, 5) is 19.1. The molecule has 0 aromatic heterocycles. The molecule has 1 aromatic rings. The Morgan fingerprint density at radius 1 is 1.43 bits per heavy atom. The molecule has 0 heterocycles. The molecule has 1 aromatic carbocycles. The van der Waals surface area contributed by atoms with E-state index in [-0.39, 0.29) is 6.42 Å². The van der Waals surface area contributed by atoms with Crippen molar-refractivity contribution in [2.24, 2.45) is 0 Å². The number of carboxylic acids is 1. The van der Waals surface area contributed by atoms with Gasteiger partial charge in [0.2, 0.25) is 5.30 Å². The maximum atomic E-state index is 10.7. The lowest BCUT2D eigenvalue weighted by atomic mass is 10.1. The monoisotopic (exact) mass is 213 g/mol. The summed E-state index contributed by atoms with van der Waals surface area (Å²) in [5.41, 5.74) is 0.766. The second kappa shape index (κ2) is 4.84. The van der Waals surface area contributed by atoms with Crippen LogP contribution >= 0.6 is 8.03 Å². The van der Waals surface area contributed by atoms with Gasteiger partial charge >= 0.3 is 14.0 Å². The van der Waals surface area contributed by atoms with Crippen LogP contribution in [0.4, 0.5) is 0 Å². The Labute approximate surface area is 82.1 Å². The van der Waals surface area contributed by atoms with Crippen molar-refractivity contribution in [1.82, 2.24) is 0 Å². The minimum atomic E-state index is -2.34. The highest BCUT2D eigenvalue weighted by molar-refractivity contribution is 7.47. The number of aryl methyl sites for hydroxylation is 1. The van der Waals surface area contributed by atoms with Crippen molar-refractivity contribution < 1.29 is 19.4 Å². The molecule has 0 bridgehead atoms. The summed E-state index contributed by atoms with van der Waals surface area (Å²) in [6, 6.07) is 6.49. The number of aliphatic carboxylic acids is 1. The molecule has 1 atom stereocenters. The lowest BCUT2D eigenvalue weighted by Gasteiger charge is -1.96. The van der Waals surface area contributed by atoms with Gasteiger partial charge in [-0.25, -0.2) is 0 Å². The average Bonchev–Trinajstić information content (AvgIpc) is 2.15. The van der Waals surface area contributed by atoms with Crippen LogP contribution in [0.1, 0.15) is 12.0 Å². The van der Waals surface area contributed by atoms with Crippen LogP contribution in [0.3, 0.4) is 0 Å². The van der Waals surface area contributed by atoms with Crippen molar-refractivity contribution in [2.75, 3.05) is 0 Å². The van der Waals surface area contributed by atoms with Gasteiger partial charge in [-0.1, -0.05) is 12.1 Å². The van der Waals surface area contributed by atoms with Crippen molar-refractivity contribution in [1.29, 1.82) is 0 Å². The molecule has 0 saturated heterocycles. The molecule has 0 amide bonds. The first kappa shape index (κ1) is 10.8. The minimum absolute atomic E-state index is 0.0334. The van der Waals surface area contributed by atoms with Gasteiger partial charge in [-0.15, -0.1) is 0 Å². The second-order valence-electron chi connectivity index (χ2n) is 2.84. The zero-order valence-corrected chi connectivity index (χ0v) is 8.28. The molecular weight excluding hydrogens is 203 g/mol. The Morgan fingerprint density at radius 3 is 2.71 bits per heavy atom. The molecule has 2 N–H and O–H groups in total. The van der Waals surface area contributed by atoms with Crippen molar-refractivity contribution in [2.45, 2.75) is 12.8 Å². The van der Waals surface area contributed by atoms with Gasteiger partial charge in [-0.05, 0) is 28.7 Å². The smallest absolute Gasteiger partial charge is 0.481 e. The van der Waals surface area contributed by atoms with Crippen molar-refractivity contribution in [3.05, 3.63) is 29.8 Å². The number of carboxylic acid groups (broad SMARTS) is 1. The van der Waals surface area contributed by atoms with E-state index in [4.69, 9.17) is 10.00 Å². The summed E-state index contributed by atoms with van der Waals surface area (Å²) in [5.74, 6) is -0.871. The van der Waals surface area contributed by atoms with Crippen LogP contribution in [0.5, 0.6) is 0 Å². The normalized spacial score (nSPS) is 11.1. The average molecular weight is 213 g/mol. The Balaban J connectivity index is 2.73. The van der Waals surface area contributed by atoms with E-state index in [0.29, 0.717) is 11.7 Å². The van der Waals surface area contributed by atoms with E-state index in [0.717, 1.165) is 5.56 Å². The Morgan fingerprint density at radius 2 is 2.14 bits per heavy atom. The summed E-state index contributed by atoms with van der Waals surface area (Å²) in [7, 11) is -2.34. The van der Waals surface area contributed by atoms with Gasteiger partial charge in [0.15, 0.2) is 0 Å². The lowest BCUT2D eigenvalue weighted by molar-refractivity contribution is -0.136. The highest BCUT2D eigenvalue weighted by Crippen LogP contribution is 2.14. The quantitative estimate of drug-likeness (QED) is 0.733. The van der Waals surface area contributed by atoms with Crippen LogP contribution in [0.25, 0.3) is 0 Å². The van der Waals surface area contributed by atoms with E-state index in [2.05, 4.69) is 0 Å². The third-order valence-electron chi connectivity index (χ3n) is 1.76. The Hall–Kier alpha value is -1.25. The third-order valence-corrected chi connectivity index (χ3v) is 2.48. The number of hydrogen-bond donors (Lipinski definition) is 2. The van der Waals surface area contributed by atoms with Crippen LogP contribution in [0.2, 0.25) is 0 Å². The van der Waals surface area contributed by atoms with E-state index >= 15 is 0 Å². The maximum Gasteiger partial charge on any atom is 0.546 e. The molecule has 4 nitrogen and oxygen atoms in total. The molecule has 0 radical (unpaired) electrons. The van der Waals surface area contributed by atoms with Gasteiger partial charge in [0.05, 0.1) is 0 Å². The fraction of sp³-hybridized carbons (Fsp3) is 0.222. The Kier molecular flexibility index (Phi) is 3.74. The highest BCUT2D eigenvalue weighted by atomic mass is 31.1. The van der Waals surface area contributed by atoms with Crippen LogP contribution in [0.15, 0.2) is 24.3 Å². The first-order valence-electron chi connectivity index (χ1n) is 4.06. The van der Waals surface area contributed by atoms with Crippen LogP contribution in [0, 0.1) is 0 Å². The summed E-state index contributed by atoms with van der Waals surface area (Å²) in [5, 5.41) is 8.78. The van der Waals surface area contributed by atoms with E-state index in [1.165, 1.54) is 0 Å². The molecule has 0 spiro atoms. The first-order chi connectivity index (χ1) is 6.59. The number of rotatable bonds is 4. The summed E-state index contributed by atoms with van der Waals surface area (Å²) in [6.07, 6.45) is 0.415. The Bertz CT molecular complexity index is 362. The molecule has 0 saturated carbocycles. The predicted octanol–water partition coefficient (Wildman–Crippen LogP) is 1.06. The zero-order valence-electron chi connectivity index (χ0n) is 7.38. The van der Waals surface area contributed by atoms with Gasteiger partial charge in [0.1, 0.15) is 0 Å². The number of benzene rings is 1. The highest BCUT2D eigenvalue weighted by Gasteiger charge is 2.15. The van der Waals surface area contributed by atoms with Crippen molar-refractivity contribution >= 4 is 19.3 Å². The lowest BCUT2D eigenvalue weighted by Crippen LogP contribution is -2.01. The topological polar surface area (TPSA) is 74.6 Å². The summed E-state index contributed by atoms with van der Waals surface area (Å²) >= 11 is 0. The van der Waals surface area contributed by atoms with Gasteiger partial charge < -0.3 is 5.11 Å². The van der Waals surface area contributed by atoms with E-state index in [9.17, 15) is 9.36 Å². The zero-order chi connectivity index (χ0) is 10.6. The first-order valence-corrected chi connectivity index (χ1v) is 5.27. The summed E-state index contributed by atoms with van der Waals surface area (Å²) < 4.78 is 10.7. The molecule has 0 aliphatic heterocycles. The molecule has 5 heteroatoms. The molecule has 0 aliphatic rings. The van der Waals surface area contributed by atoms with Gasteiger partial charge in [0, 0.05) is 6.42 Å². The molecule has 14 heavy (non-hydrogen) atoms. The fourth-order valence-corrected chi connectivity index (χ4v) is 1.57. The molecule has 0 aliphatic carbocycles. The molecular formula is C9H10O4P+. The molecule has 1 unspecified atom stereocenters. The fourth-order valence-electron chi connectivity index (χ4n) is 1.08. The minimum Gasteiger partial charge on any atom is -0.481 e. The predicted molar refractivity (Wildman–Crippen MR) is 51.9 cm³/mol. The van der Waals surface area contributed by atoms with Crippen LogP contribution in [-0.4, -0.2) is 16.0 Å². The number of hydrogen-bond acceptors (Lipinski definition) is 2. The van der Waals surface area contributed by atoms with E-state index in [1.807, 2.05) is 0 Å². The molecule has 0 fully saturated rings. The van der Waals surface area contributed by atoms with Gasteiger partial charge in [-0.3, -0.25) is 4.79 Å². The summed E-state index contributed by atoms with van der Waals surface area (Å²) in [6.45, 7) is 0. The van der Waals surface area contributed by atoms with Crippen LogP contribution in [-0.2, 0) is 15.8 Å². The van der Waals surface area contributed by atoms with Crippen LogP contribution < -0.4 is 5.30 Å². The van der Waals surface area contributed by atoms with Crippen molar-refractivity contribution in [3.8, 4) is 0 Å². The molecule has 74 valence electrons. The van der Waals surface area contributed by atoms with Gasteiger partial charge in [-0.2, -0.15) is 4.89 Å². The van der Waals surface area contributed by atoms with Crippen molar-refractivity contribution in [3.63, 3.8) is 0 Å². The van der Waals surface area contributed by atoms with Gasteiger partial charge in [0.25, 0.3) is 0 Å².